The molecule has 1 atom stereocenters. The summed E-state index contributed by atoms with van der Waals surface area (Å²) in [6.07, 6.45) is 4.08. The maximum Gasteiger partial charge on any atom is 0.132 e. The number of nitrogens with two attached hydrogens (primary N) is 1. The molecular formula is C23H30ClFNO+. The summed E-state index contributed by atoms with van der Waals surface area (Å²) in [7, 11) is 0. The molecule has 2 aromatic carbocycles. The normalized spacial score (nSPS) is 21.9. The summed E-state index contributed by atoms with van der Waals surface area (Å²) in [5.74, 6) is -0.119. The van der Waals surface area contributed by atoms with Gasteiger partial charge in [0.2, 0.25) is 0 Å². The van der Waals surface area contributed by atoms with Crippen molar-refractivity contribution in [3.63, 3.8) is 0 Å². The van der Waals surface area contributed by atoms with E-state index in [-0.39, 0.29) is 16.8 Å². The van der Waals surface area contributed by atoms with Crippen LogP contribution in [-0.4, -0.2) is 18.8 Å². The molecule has 0 bridgehead atoms. The summed E-state index contributed by atoms with van der Waals surface area (Å²) >= 11 is 6.45. The third-order valence-corrected chi connectivity index (χ3v) is 6.02. The van der Waals surface area contributed by atoms with E-state index in [1.54, 1.807) is 6.07 Å². The number of quaternary nitrogens is 1. The molecule has 0 aromatic heterocycles. The number of hydrogen-bond donors (Lipinski definition) is 1. The zero-order valence-electron chi connectivity index (χ0n) is 16.3. The summed E-state index contributed by atoms with van der Waals surface area (Å²) in [6.45, 7) is 6.78. The first kappa shape index (κ1) is 20.3. The SMILES string of the molecule is CC1(C)C[C@@](CC[NH2+]Cc2ccccc2F)(Cc2ccccc2Cl)CCO1. The molecule has 2 nitrogen and oxygen atoms in total. The Hall–Kier alpha value is -1.42. The number of rotatable bonds is 7. The lowest BCUT2D eigenvalue weighted by Crippen LogP contribution is -2.83. The van der Waals surface area contributed by atoms with Crippen LogP contribution in [0.15, 0.2) is 48.5 Å². The molecule has 2 N–H and O–H groups in total. The van der Waals surface area contributed by atoms with Crippen molar-refractivity contribution in [3.05, 3.63) is 70.5 Å². The predicted molar refractivity (Wildman–Crippen MR) is 108 cm³/mol. The van der Waals surface area contributed by atoms with E-state index in [0.717, 1.165) is 49.4 Å². The number of halogens is 2. The quantitative estimate of drug-likeness (QED) is 0.678. The van der Waals surface area contributed by atoms with Gasteiger partial charge in [0.05, 0.1) is 12.1 Å². The van der Waals surface area contributed by atoms with Gasteiger partial charge in [-0.25, -0.2) is 4.39 Å². The second-order valence-corrected chi connectivity index (χ2v) is 8.83. The highest BCUT2D eigenvalue weighted by Crippen LogP contribution is 2.44. The third-order valence-electron chi connectivity index (χ3n) is 5.65. The molecule has 1 fully saturated rings. The van der Waals surface area contributed by atoms with Gasteiger partial charge in [-0.05, 0) is 56.2 Å². The molecular weight excluding hydrogens is 361 g/mol. The molecule has 1 aliphatic rings. The van der Waals surface area contributed by atoms with Crippen LogP contribution in [0.2, 0.25) is 5.02 Å². The molecule has 1 aliphatic heterocycles. The molecule has 3 rings (SSSR count). The monoisotopic (exact) mass is 390 g/mol. The Morgan fingerprint density at radius 2 is 1.78 bits per heavy atom. The van der Waals surface area contributed by atoms with Gasteiger partial charge in [0.1, 0.15) is 12.4 Å². The molecule has 0 unspecified atom stereocenters. The molecule has 4 heteroatoms. The highest BCUT2D eigenvalue weighted by Gasteiger charge is 2.41. The van der Waals surface area contributed by atoms with Crippen molar-refractivity contribution in [2.75, 3.05) is 13.2 Å². The number of ether oxygens (including phenoxy) is 1. The molecule has 0 radical (unpaired) electrons. The van der Waals surface area contributed by atoms with Crippen LogP contribution < -0.4 is 5.32 Å². The standard InChI is InChI=1S/C23H29ClFNO/c1-22(2)17-23(12-14-27-22,15-18-7-3-5-9-20(18)24)11-13-26-16-19-8-4-6-10-21(19)25/h3-10,26H,11-17H2,1-2H3/p+1/t23-/m1/s1. The second-order valence-electron chi connectivity index (χ2n) is 8.43. The van der Waals surface area contributed by atoms with Crippen molar-refractivity contribution in [1.82, 2.24) is 0 Å². The average molecular weight is 391 g/mol. The molecule has 2 aromatic rings. The number of hydrogen-bond acceptors (Lipinski definition) is 1. The van der Waals surface area contributed by atoms with E-state index in [2.05, 4.69) is 31.3 Å². The Labute approximate surface area is 167 Å². The highest BCUT2D eigenvalue weighted by molar-refractivity contribution is 6.31. The van der Waals surface area contributed by atoms with Crippen LogP contribution >= 0.6 is 11.6 Å². The lowest BCUT2D eigenvalue weighted by molar-refractivity contribution is -0.672. The van der Waals surface area contributed by atoms with Crippen LogP contribution in [0.4, 0.5) is 4.39 Å². The smallest absolute Gasteiger partial charge is 0.132 e. The average Bonchev–Trinajstić information content (AvgIpc) is 2.61. The summed E-state index contributed by atoms with van der Waals surface area (Å²) < 4.78 is 19.8. The van der Waals surface area contributed by atoms with Gasteiger partial charge in [-0.2, -0.15) is 0 Å². The lowest BCUT2D eigenvalue weighted by Gasteiger charge is -2.45. The van der Waals surface area contributed by atoms with Crippen LogP contribution in [0, 0.1) is 11.2 Å². The van der Waals surface area contributed by atoms with Crippen molar-refractivity contribution in [3.8, 4) is 0 Å². The molecule has 146 valence electrons. The molecule has 0 amide bonds. The topological polar surface area (TPSA) is 25.8 Å². The first-order chi connectivity index (χ1) is 12.9. The zero-order chi connectivity index (χ0) is 19.3. The first-order valence-electron chi connectivity index (χ1n) is 9.82. The first-order valence-corrected chi connectivity index (χ1v) is 10.2. The van der Waals surface area contributed by atoms with Gasteiger partial charge in [0.25, 0.3) is 0 Å². The van der Waals surface area contributed by atoms with Crippen molar-refractivity contribution >= 4 is 11.6 Å². The summed E-state index contributed by atoms with van der Waals surface area (Å²) in [6, 6.07) is 15.2. The molecule has 0 saturated carbocycles. The zero-order valence-corrected chi connectivity index (χ0v) is 17.1. The Bertz CT molecular complexity index is 764. The molecule has 27 heavy (non-hydrogen) atoms. The minimum Gasteiger partial charge on any atom is -0.376 e. The van der Waals surface area contributed by atoms with Gasteiger partial charge in [0, 0.05) is 23.6 Å². The maximum atomic E-state index is 13.8. The van der Waals surface area contributed by atoms with Crippen molar-refractivity contribution in [2.45, 2.75) is 51.7 Å². The second kappa shape index (κ2) is 8.72. The van der Waals surface area contributed by atoms with Gasteiger partial charge >= 0.3 is 0 Å². The van der Waals surface area contributed by atoms with Crippen molar-refractivity contribution in [2.24, 2.45) is 5.41 Å². The third kappa shape index (κ3) is 5.54. The largest absolute Gasteiger partial charge is 0.376 e. The summed E-state index contributed by atoms with van der Waals surface area (Å²) in [5.41, 5.74) is 2.03. The van der Waals surface area contributed by atoms with E-state index < -0.39 is 0 Å². The van der Waals surface area contributed by atoms with Crippen LogP contribution in [0.25, 0.3) is 0 Å². The van der Waals surface area contributed by atoms with E-state index in [1.807, 2.05) is 24.3 Å². The van der Waals surface area contributed by atoms with E-state index >= 15 is 0 Å². The fraction of sp³-hybridized carbons (Fsp3) is 0.478. The van der Waals surface area contributed by atoms with Gasteiger partial charge in [0.15, 0.2) is 0 Å². The minimum atomic E-state index is -0.120. The van der Waals surface area contributed by atoms with E-state index in [4.69, 9.17) is 16.3 Å². The summed E-state index contributed by atoms with van der Waals surface area (Å²) in [5, 5.41) is 3.06. The van der Waals surface area contributed by atoms with E-state index in [0.29, 0.717) is 6.54 Å². The Kier molecular flexibility index (Phi) is 6.56. The fourth-order valence-corrected chi connectivity index (χ4v) is 4.62. The van der Waals surface area contributed by atoms with Crippen LogP contribution in [0.5, 0.6) is 0 Å². The molecule has 1 saturated heterocycles. The molecule has 0 spiro atoms. The van der Waals surface area contributed by atoms with Gasteiger partial charge < -0.3 is 10.1 Å². The predicted octanol–water partition coefficient (Wildman–Crippen LogP) is 4.75. The van der Waals surface area contributed by atoms with Crippen molar-refractivity contribution in [1.29, 1.82) is 0 Å². The molecule has 1 heterocycles. The molecule has 0 aliphatic carbocycles. The fourth-order valence-electron chi connectivity index (χ4n) is 4.41. The maximum absolute atomic E-state index is 13.8. The Morgan fingerprint density at radius 1 is 1.07 bits per heavy atom. The number of benzene rings is 2. The van der Waals surface area contributed by atoms with Crippen LogP contribution in [0.1, 0.15) is 44.2 Å². The Balaban J connectivity index is 1.67. The lowest BCUT2D eigenvalue weighted by atomic mass is 9.68. The van der Waals surface area contributed by atoms with E-state index in [1.165, 1.54) is 11.6 Å². The van der Waals surface area contributed by atoms with Crippen LogP contribution in [-0.2, 0) is 17.7 Å². The van der Waals surface area contributed by atoms with Crippen LogP contribution in [0.3, 0.4) is 0 Å². The van der Waals surface area contributed by atoms with E-state index in [9.17, 15) is 4.39 Å². The van der Waals surface area contributed by atoms with Gasteiger partial charge in [-0.15, -0.1) is 0 Å². The highest BCUT2D eigenvalue weighted by atomic mass is 35.5. The van der Waals surface area contributed by atoms with Crippen molar-refractivity contribution < 1.29 is 14.4 Å². The van der Waals surface area contributed by atoms with Gasteiger partial charge in [-0.1, -0.05) is 48.0 Å². The minimum absolute atomic E-state index is 0.119. The van der Waals surface area contributed by atoms with Gasteiger partial charge in [-0.3, -0.25) is 0 Å². The summed E-state index contributed by atoms with van der Waals surface area (Å²) in [4.78, 5) is 0. The Morgan fingerprint density at radius 3 is 2.48 bits per heavy atom.